The summed E-state index contributed by atoms with van der Waals surface area (Å²) in [4.78, 5) is 12.4. The van der Waals surface area contributed by atoms with E-state index in [1.54, 1.807) is 10.9 Å². The number of hydrogen-bond acceptors (Lipinski definition) is 3. The second-order valence-corrected chi connectivity index (χ2v) is 5.99. The molecule has 1 aromatic carbocycles. The van der Waals surface area contributed by atoms with Crippen LogP contribution in [0.25, 0.3) is 11.1 Å². The van der Waals surface area contributed by atoms with E-state index < -0.39 is 0 Å². The fourth-order valence-corrected chi connectivity index (χ4v) is 2.81. The lowest BCUT2D eigenvalue weighted by atomic mass is 10.0. The molecule has 2 heterocycles. The van der Waals surface area contributed by atoms with Crippen molar-refractivity contribution in [2.45, 2.75) is 33.4 Å². The Hall–Kier alpha value is -2.89. The SMILES string of the molecule is Cc1n[nH]c(C)c1-c1ccc(C(=O)NC(C)Cn2cccn2)cc1. The highest BCUT2D eigenvalue weighted by molar-refractivity contribution is 5.94. The van der Waals surface area contributed by atoms with Gasteiger partial charge in [0.1, 0.15) is 0 Å². The van der Waals surface area contributed by atoms with E-state index >= 15 is 0 Å². The number of nitrogens with zero attached hydrogens (tertiary/aromatic N) is 3. The number of rotatable bonds is 5. The van der Waals surface area contributed by atoms with Crippen molar-refractivity contribution in [2.24, 2.45) is 0 Å². The second kappa shape index (κ2) is 6.70. The van der Waals surface area contributed by atoms with Crippen LogP contribution in [0.5, 0.6) is 0 Å². The molecule has 0 spiro atoms. The van der Waals surface area contributed by atoms with Gasteiger partial charge in [0.15, 0.2) is 0 Å². The highest BCUT2D eigenvalue weighted by Crippen LogP contribution is 2.25. The summed E-state index contributed by atoms with van der Waals surface area (Å²) >= 11 is 0. The molecule has 6 heteroatoms. The second-order valence-electron chi connectivity index (χ2n) is 5.99. The fraction of sp³-hybridized carbons (Fsp3) is 0.278. The predicted octanol–water partition coefficient (Wildman–Crippen LogP) is 2.71. The lowest BCUT2D eigenvalue weighted by Crippen LogP contribution is -2.35. The summed E-state index contributed by atoms with van der Waals surface area (Å²) in [6.07, 6.45) is 3.61. The van der Waals surface area contributed by atoms with Crippen molar-refractivity contribution >= 4 is 5.91 Å². The van der Waals surface area contributed by atoms with Crippen molar-refractivity contribution in [2.75, 3.05) is 0 Å². The lowest BCUT2D eigenvalue weighted by molar-refractivity contribution is 0.0936. The number of aryl methyl sites for hydroxylation is 2. The average molecular weight is 323 g/mol. The maximum absolute atomic E-state index is 12.4. The van der Waals surface area contributed by atoms with E-state index in [2.05, 4.69) is 20.6 Å². The maximum atomic E-state index is 12.4. The van der Waals surface area contributed by atoms with Gasteiger partial charge >= 0.3 is 0 Å². The van der Waals surface area contributed by atoms with Crippen LogP contribution >= 0.6 is 0 Å². The molecular formula is C18H21N5O. The Morgan fingerprint density at radius 1 is 1.29 bits per heavy atom. The van der Waals surface area contributed by atoms with Crippen LogP contribution in [0.1, 0.15) is 28.7 Å². The summed E-state index contributed by atoms with van der Waals surface area (Å²) in [6.45, 7) is 6.57. The van der Waals surface area contributed by atoms with Crippen LogP contribution in [-0.2, 0) is 6.54 Å². The molecule has 1 amide bonds. The minimum absolute atomic E-state index is 0.00422. The van der Waals surface area contributed by atoms with Gasteiger partial charge in [0.2, 0.25) is 0 Å². The zero-order chi connectivity index (χ0) is 17.1. The van der Waals surface area contributed by atoms with Gasteiger partial charge in [-0.1, -0.05) is 12.1 Å². The number of aromatic nitrogens is 4. The average Bonchev–Trinajstić information content (AvgIpc) is 3.17. The minimum atomic E-state index is -0.0816. The monoisotopic (exact) mass is 323 g/mol. The van der Waals surface area contributed by atoms with Crippen LogP contribution in [0, 0.1) is 13.8 Å². The molecule has 24 heavy (non-hydrogen) atoms. The Morgan fingerprint density at radius 2 is 2.04 bits per heavy atom. The topological polar surface area (TPSA) is 75.6 Å². The maximum Gasteiger partial charge on any atom is 0.251 e. The van der Waals surface area contributed by atoms with Crippen LogP contribution in [0.4, 0.5) is 0 Å². The van der Waals surface area contributed by atoms with Crippen LogP contribution in [0.3, 0.4) is 0 Å². The molecule has 3 rings (SSSR count). The van der Waals surface area contributed by atoms with Crippen molar-refractivity contribution in [3.8, 4) is 11.1 Å². The summed E-state index contributed by atoms with van der Waals surface area (Å²) in [5.41, 5.74) is 4.77. The van der Waals surface area contributed by atoms with Crippen molar-refractivity contribution in [1.82, 2.24) is 25.3 Å². The first-order chi connectivity index (χ1) is 11.5. The smallest absolute Gasteiger partial charge is 0.251 e. The Balaban J connectivity index is 1.68. The van der Waals surface area contributed by atoms with Crippen molar-refractivity contribution in [3.05, 3.63) is 59.7 Å². The molecular weight excluding hydrogens is 302 g/mol. The summed E-state index contributed by atoms with van der Waals surface area (Å²) in [7, 11) is 0. The lowest BCUT2D eigenvalue weighted by Gasteiger charge is -2.14. The van der Waals surface area contributed by atoms with Crippen molar-refractivity contribution in [1.29, 1.82) is 0 Å². The quantitative estimate of drug-likeness (QED) is 0.758. The van der Waals surface area contributed by atoms with Gasteiger partial charge in [0.05, 0.1) is 12.2 Å². The number of carbonyl (C=O) groups is 1. The van der Waals surface area contributed by atoms with E-state index in [1.165, 1.54) is 0 Å². The normalized spacial score (nSPS) is 12.1. The number of carbonyl (C=O) groups excluding carboxylic acids is 1. The van der Waals surface area contributed by atoms with Crippen LogP contribution < -0.4 is 5.32 Å². The molecule has 1 atom stereocenters. The molecule has 6 nitrogen and oxygen atoms in total. The highest BCUT2D eigenvalue weighted by Gasteiger charge is 2.12. The molecule has 0 aliphatic heterocycles. The predicted molar refractivity (Wildman–Crippen MR) is 92.7 cm³/mol. The van der Waals surface area contributed by atoms with Gasteiger partial charge < -0.3 is 5.32 Å². The van der Waals surface area contributed by atoms with E-state index in [-0.39, 0.29) is 11.9 Å². The number of H-pyrrole nitrogens is 1. The van der Waals surface area contributed by atoms with Gasteiger partial charge in [-0.25, -0.2) is 0 Å². The summed E-state index contributed by atoms with van der Waals surface area (Å²) < 4.78 is 1.80. The van der Waals surface area contributed by atoms with Crippen LogP contribution in [0.2, 0.25) is 0 Å². The molecule has 0 bridgehead atoms. The van der Waals surface area contributed by atoms with Gasteiger partial charge in [0, 0.05) is 35.3 Å². The number of nitrogens with one attached hydrogen (secondary N) is 2. The summed E-state index contributed by atoms with van der Waals surface area (Å²) in [5.74, 6) is -0.0816. The van der Waals surface area contributed by atoms with E-state index in [0.29, 0.717) is 12.1 Å². The molecule has 1 unspecified atom stereocenters. The number of benzene rings is 1. The summed E-state index contributed by atoms with van der Waals surface area (Å²) in [6, 6.07) is 9.47. The first-order valence-electron chi connectivity index (χ1n) is 7.95. The van der Waals surface area contributed by atoms with Gasteiger partial charge in [-0.15, -0.1) is 0 Å². The Kier molecular flexibility index (Phi) is 4.46. The summed E-state index contributed by atoms with van der Waals surface area (Å²) in [5, 5.41) is 14.3. The Morgan fingerprint density at radius 3 is 2.62 bits per heavy atom. The van der Waals surface area contributed by atoms with E-state index in [9.17, 15) is 4.79 Å². The third-order valence-electron chi connectivity index (χ3n) is 3.96. The van der Waals surface area contributed by atoms with E-state index in [1.807, 2.05) is 57.3 Å². The fourth-order valence-electron chi connectivity index (χ4n) is 2.81. The molecule has 0 aliphatic rings. The molecule has 124 valence electrons. The Labute approximate surface area is 140 Å². The standard InChI is InChI=1S/C18H21N5O/c1-12(11-23-10-4-9-19-23)20-18(24)16-7-5-15(6-8-16)17-13(2)21-22-14(17)3/h4-10,12H,11H2,1-3H3,(H,20,24)(H,21,22). The third kappa shape index (κ3) is 3.37. The molecule has 0 aliphatic carbocycles. The number of aromatic amines is 1. The van der Waals surface area contributed by atoms with Crippen molar-refractivity contribution < 1.29 is 4.79 Å². The first kappa shape index (κ1) is 16.0. The molecule has 0 saturated heterocycles. The molecule has 0 fully saturated rings. The number of amides is 1. The molecule has 2 N–H and O–H groups in total. The zero-order valence-corrected chi connectivity index (χ0v) is 14.1. The van der Waals surface area contributed by atoms with Gasteiger partial charge in [-0.3, -0.25) is 14.6 Å². The van der Waals surface area contributed by atoms with Gasteiger partial charge in [0.25, 0.3) is 5.91 Å². The Bertz CT molecular complexity index is 798. The van der Waals surface area contributed by atoms with E-state index in [4.69, 9.17) is 0 Å². The highest BCUT2D eigenvalue weighted by atomic mass is 16.1. The molecule has 0 radical (unpaired) electrons. The molecule has 3 aromatic rings. The van der Waals surface area contributed by atoms with Crippen LogP contribution in [-0.4, -0.2) is 31.9 Å². The van der Waals surface area contributed by atoms with Crippen LogP contribution in [0.15, 0.2) is 42.7 Å². The van der Waals surface area contributed by atoms with Gasteiger partial charge in [-0.05, 0) is 44.5 Å². The zero-order valence-electron chi connectivity index (χ0n) is 14.1. The molecule has 0 saturated carbocycles. The molecule has 2 aromatic heterocycles. The minimum Gasteiger partial charge on any atom is -0.348 e. The third-order valence-corrected chi connectivity index (χ3v) is 3.96. The first-order valence-corrected chi connectivity index (χ1v) is 7.95. The number of hydrogen-bond donors (Lipinski definition) is 2. The van der Waals surface area contributed by atoms with E-state index in [0.717, 1.165) is 22.5 Å². The van der Waals surface area contributed by atoms with Gasteiger partial charge in [-0.2, -0.15) is 10.2 Å². The van der Waals surface area contributed by atoms with Crippen molar-refractivity contribution in [3.63, 3.8) is 0 Å². The largest absolute Gasteiger partial charge is 0.348 e.